The molecule has 0 bridgehead atoms. The fourth-order valence-corrected chi connectivity index (χ4v) is 2.40. The number of aromatic nitrogens is 5. The molecular formula is C10H7ClN6S. The standard InChI is InChI=1S/C10H7ClN6S/c11-7-2-1-6(18-7)8-14-9(12)16-10(15-8)17-4-3-13-5-17/h1-5H,(H2,12,14,15,16). The van der Waals surface area contributed by atoms with E-state index >= 15 is 0 Å². The third-order valence-corrected chi connectivity index (χ3v) is 3.40. The highest BCUT2D eigenvalue weighted by Crippen LogP contribution is 2.29. The van der Waals surface area contributed by atoms with Crippen LogP contribution in [-0.4, -0.2) is 24.5 Å². The molecular weight excluding hydrogens is 272 g/mol. The summed E-state index contributed by atoms with van der Waals surface area (Å²) in [6.45, 7) is 0. The Balaban J connectivity index is 2.11. The minimum absolute atomic E-state index is 0.160. The van der Waals surface area contributed by atoms with Gasteiger partial charge in [-0.2, -0.15) is 15.0 Å². The molecule has 0 spiro atoms. The summed E-state index contributed by atoms with van der Waals surface area (Å²) >= 11 is 7.28. The van der Waals surface area contributed by atoms with Gasteiger partial charge in [0.2, 0.25) is 11.9 Å². The molecule has 0 aliphatic heterocycles. The van der Waals surface area contributed by atoms with Gasteiger partial charge in [-0.05, 0) is 12.1 Å². The van der Waals surface area contributed by atoms with Crippen LogP contribution in [0.3, 0.4) is 0 Å². The second-order valence-corrected chi connectivity index (χ2v) is 5.11. The van der Waals surface area contributed by atoms with Gasteiger partial charge in [0.1, 0.15) is 6.33 Å². The van der Waals surface area contributed by atoms with E-state index in [2.05, 4.69) is 19.9 Å². The van der Waals surface area contributed by atoms with Gasteiger partial charge in [-0.15, -0.1) is 11.3 Å². The second-order valence-electron chi connectivity index (χ2n) is 3.39. The number of nitrogen functional groups attached to an aromatic ring is 1. The van der Waals surface area contributed by atoms with Gasteiger partial charge in [0, 0.05) is 12.4 Å². The van der Waals surface area contributed by atoms with E-state index < -0.39 is 0 Å². The summed E-state index contributed by atoms with van der Waals surface area (Å²) in [5.41, 5.74) is 5.69. The summed E-state index contributed by atoms with van der Waals surface area (Å²) in [6, 6.07) is 3.64. The number of anilines is 1. The molecule has 0 aliphatic rings. The molecule has 0 fully saturated rings. The third-order valence-electron chi connectivity index (χ3n) is 2.17. The molecule has 6 nitrogen and oxygen atoms in total. The molecule has 3 rings (SSSR count). The Kier molecular flexibility index (Phi) is 2.69. The van der Waals surface area contributed by atoms with E-state index in [9.17, 15) is 0 Å². The summed E-state index contributed by atoms with van der Waals surface area (Å²) in [5.74, 6) is 1.09. The van der Waals surface area contributed by atoms with Gasteiger partial charge in [-0.1, -0.05) is 11.6 Å². The third kappa shape index (κ3) is 2.05. The fourth-order valence-electron chi connectivity index (χ4n) is 1.42. The van der Waals surface area contributed by atoms with Crippen molar-refractivity contribution in [2.45, 2.75) is 0 Å². The zero-order valence-electron chi connectivity index (χ0n) is 8.99. The molecule has 2 N–H and O–H groups in total. The predicted octanol–water partition coefficient (Wildman–Crippen LogP) is 2.02. The minimum Gasteiger partial charge on any atom is -0.368 e. The fraction of sp³-hybridized carbons (Fsp3) is 0. The summed E-state index contributed by atoms with van der Waals surface area (Å²) in [5, 5.41) is 0. The van der Waals surface area contributed by atoms with Crippen molar-refractivity contribution >= 4 is 28.9 Å². The van der Waals surface area contributed by atoms with E-state index in [1.54, 1.807) is 29.4 Å². The van der Waals surface area contributed by atoms with Crippen LogP contribution in [0.4, 0.5) is 5.95 Å². The van der Waals surface area contributed by atoms with Gasteiger partial charge in [-0.3, -0.25) is 4.57 Å². The first kappa shape index (κ1) is 11.1. The molecule has 18 heavy (non-hydrogen) atoms. The van der Waals surface area contributed by atoms with E-state index in [-0.39, 0.29) is 5.95 Å². The van der Waals surface area contributed by atoms with E-state index in [1.807, 2.05) is 6.07 Å². The SMILES string of the molecule is Nc1nc(-c2ccc(Cl)s2)nc(-n2ccnc2)n1. The Morgan fingerprint density at radius 1 is 1.22 bits per heavy atom. The van der Waals surface area contributed by atoms with E-state index in [4.69, 9.17) is 17.3 Å². The van der Waals surface area contributed by atoms with Crippen LogP contribution < -0.4 is 5.73 Å². The Morgan fingerprint density at radius 3 is 2.78 bits per heavy atom. The largest absolute Gasteiger partial charge is 0.368 e. The van der Waals surface area contributed by atoms with Gasteiger partial charge < -0.3 is 5.73 Å². The zero-order chi connectivity index (χ0) is 12.5. The van der Waals surface area contributed by atoms with Crippen molar-refractivity contribution in [3.8, 4) is 16.6 Å². The molecule has 0 atom stereocenters. The number of imidazole rings is 1. The summed E-state index contributed by atoms with van der Waals surface area (Å²) < 4.78 is 2.34. The van der Waals surface area contributed by atoms with Crippen molar-refractivity contribution in [2.75, 3.05) is 5.73 Å². The Morgan fingerprint density at radius 2 is 2.11 bits per heavy atom. The smallest absolute Gasteiger partial charge is 0.240 e. The lowest BCUT2D eigenvalue weighted by Crippen LogP contribution is -2.06. The molecule has 3 aromatic rings. The average Bonchev–Trinajstić information content (AvgIpc) is 2.98. The Labute approximate surface area is 111 Å². The molecule has 0 unspecified atom stereocenters. The number of nitrogens with two attached hydrogens (primary N) is 1. The van der Waals surface area contributed by atoms with Gasteiger partial charge in [0.05, 0.1) is 9.21 Å². The van der Waals surface area contributed by atoms with Crippen molar-refractivity contribution in [3.63, 3.8) is 0 Å². The topological polar surface area (TPSA) is 82.5 Å². The van der Waals surface area contributed by atoms with Crippen molar-refractivity contribution in [3.05, 3.63) is 35.2 Å². The minimum atomic E-state index is 0.160. The lowest BCUT2D eigenvalue weighted by molar-refractivity contribution is 0.908. The van der Waals surface area contributed by atoms with Crippen LogP contribution in [0.1, 0.15) is 0 Å². The van der Waals surface area contributed by atoms with Gasteiger partial charge >= 0.3 is 0 Å². The van der Waals surface area contributed by atoms with Crippen molar-refractivity contribution in [2.24, 2.45) is 0 Å². The average molecular weight is 279 g/mol. The molecule has 0 aliphatic carbocycles. The van der Waals surface area contributed by atoms with E-state index in [1.165, 1.54) is 11.3 Å². The van der Waals surface area contributed by atoms with Crippen molar-refractivity contribution in [1.29, 1.82) is 0 Å². The highest BCUT2D eigenvalue weighted by Gasteiger charge is 2.10. The maximum Gasteiger partial charge on any atom is 0.240 e. The monoisotopic (exact) mass is 278 g/mol. The molecule has 3 heterocycles. The molecule has 3 aromatic heterocycles. The van der Waals surface area contributed by atoms with Crippen LogP contribution in [0.2, 0.25) is 4.34 Å². The number of nitrogens with zero attached hydrogens (tertiary/aromatic N) is 5. The van der Waals surface area contributed by atoms with Crippen molar-refractivity contribution in [1.82, 2.24) is 24.5 Å². The number of rotatable bonds is 2. The predicted molar refractivity (Wildman–Crippen MR) is 69.7 cm³/mol. The van der Waals surface area contributed by atoms with Gasteiger partial charge in [0.15, 0.2) is 5.82 Å². The van der Waals surface area contributed by atoms with Gasteiger partial charge in [-0.25, -0.2) is 4.98 Å². The number of hydrogen-bond acceptors (Lipinski definition) is 6. The molecule has 0 aromatic carbocycles. The lowest BCUT2D eigenvalue weighted by atomic mass is 10.4. The van der Waals surface area contributed by atoms with E-state index in [0.29, 0.717) is 16.1 Å². The molecule has 8 heteroatoms. The van der Waals surface area contributed by atoms with Crippen LogP contribution in [0.15, 0.2) is 30.9 Å². The summed E-state index contributed by atoms with van der Waals surface area (Å²) in [6.07, 6.45) is 4.97. The normalized spacial score (nSPS) is 10.7. The molecule has 0 saturated carbocycles. The highest BCUT2D eigenvalue weighted by atomic mass is 35.5. The van der Waals surface area contributed by atoms with Crippen LogP contribution >= 0.6 is 22.9 Å². The highest BCUT2D eigenvalue weighted by molar-refractivity contribution is 7.19. The van der Waals surface area contributed by atoms with Crippen LogP contribution in [-0.2, 0) is 0 Å². The Bertz CT molecular complexity index is 678. The van der Waals surface area contributed by atoms with Gasteiger partial charge in [0.25, 0.3) is 0 Å². The lowest BCUT2D eigenvalue weighted by Gasteiger charge is -2.03. The quantitative estimate of drug-likeness (QED) is 0.775. The number of halogens is 1. The maximum atomic E-state index is 5.89. The first-order valence-corrected chi connectivity index (χ1v) is 6.17. The van der Waals surface area contributed by atoms with Crippen LogP contribution in [0.25, 0.3) is 16.6 Å². The summed E-state index contributed by atoms with van der Waals surface area (Å²) in [7, 11) is 0. The second kappa shape index (κ2) is 4.35. The molecule has 0 amide bonds. The number of hydrogen-bond donors (Lipinski definition) is 1. The first-order chi connectivity index (χ1) is 8.72. The number of thiophene rings is 1. The molecule has 0 radical (unpaired) electrons. The molecule has 90 valence electrons. The molecule has 0 saturated heterocycles. The van der Waals surface area contributed by atoms with E-state index in [0.717, 1.165) is 4.88 Å². The first-order valence-electron chi connectivity index (χ1n) is 4.98. The van der Waals surface area contributed by atoms with Crippen molar-refractivity contribution < 1.29 is 0 Å². The van der Waals surface area contributed by atoms with Crippen LogP contribution in [0, 0.1) is 0 Å². The summed E-state index contributed by atoms with van der Waals surface area (Å²) in [4.78, 5) is 17.3. The van der Waals surface area contributed by atoms with Crippen LogP contribution in [0.5, 0.6) is 0 Å². The zero-order valence-corrected chi connectivity index (χ0v) is 10.6. The maximum absolute atomic E-state index is 5.89. The Hall–Kier alpha value is -1.99.